The Labute approximate surface area is 226 Å². The Morgan fingerprint density at radius 1 is 1.24 bits per heavy atom. The zero-order valence-electron chi connectivity index (χ0n) is 21.5. The molecule has 0 unspecified atom stereocenters. The average Bonchev–Trinajstić information content (AvgIpc) is 3.32. The summed E-state index contributed by atoms with van der Waals surface area (Å²) in [6.07, 6.45) is 3.19. The minimum Gasteiger partial charge on any atom is -0.494 e. The van der Waals surface area contributed by atoms with Gasteiger partial charge >= 0.3 is 5.97 Å². The monoisotopic (exact) mass is 539 g/mol. The van der Waals surface area contributed by atoms with Gasteiger partial charge in [0.15, 0.2) is 21.8 Å². The van der Waals surface area contributed by atoms with Gasteiger partial charge in [-0.2, -0.15) is 0 Å². The van der Waals surface area contributed by atoms with Crippen molar-refractivity contribution in [1.82, 2.24) is 20.1 Å². The van der Waals surface area contributed by atoms with Gasteiger partial charge in [0.05, 0.1) is 20.3 Å². The number of aromatic nitrogens is 3. The quantitative estimate of drug-likeness (QED) is 0.232. The van der Waals surface area contributed by atoms with Gasteiger partial charge in [0.25, 0.3) is 0 Å². The molecule has 0 aliphatic carbocycles. The average molecular weight is 540 g/mol. The second-order valence-corrected chi connectivity index (χ2v) is 10.4. The Morgan fingerprint density at radius 2 is 2.03 bits per heavy atom. The van der Waals surface area contributed by atoms with Crippen molar-refractivity contribution < 1.29 is 14.3 Å². The number of benzene rings is 1. The number of anilines is 2. The number of thiazole rings is 1. The molecule has 10 heteroatoms. The summed E-state index contributed by atoms with van der Waals surface area (Å²) in [5.41, 5.74) is 3.31. The molecule has 1 aliphatic rings. The molecular weight excluding hydrogens is 510 g/mol. The molecule has 0 amide bonds. The largest absolute Gasteiger partial charge is 0.494 e. The van der Waals surface area contributed by atoms with Crippen LogP contribution in [-0.4, -0.2) is 67.0 Å². The molecule has 0 saturated carbocycles. The minimum atomic E-state index is -0.444. The van der Waals surface area contributed by atoms with Crippen molar-refractivity contribution in [2.24, 2.45) is 0 Å². The first-order valence-corrected chi connectivity index (χ1v) is 13.3. The van der Waals surface area contributed by atoms with E-state index >= 15 is 0 Å². The van der Waals surface area contributed by atoms with Crippen LogP contribution in [0.1, 0.15) is 44.9 Å². The fraction of sp³-hybridized carbons (Fsp3) is 0.407. The van der Waals surface area contributed by atoms with Crippen molar-refractivity contribution in [3.8, 4) is 17.6 Å². The molecule has 3 aromatic rings. The number of hydrogen-bond donors (Lipinski definition) is 0. The van der Waals surface area contributed by atoms with E-state index in [1.165, 1.54) is 18.4 Å². The van der Waals surface area contributed by atoms with Crippen molar-refractivity contribution in [2.45, 2.75) is 32.6 Å². The molecule has 194 valence electrons. The highest BCUT2D eigenvalue weighted by Gasteiger charge is 2.28. The van der Waals surface area contributed by atoms with Crippen LogP contribution >= 0.6 is 22.9 Å². The summed E-state index contributed by atoms with van der Waals surface area (Å²) in [6, 6.07) is 7.76. The standard InChI is InChI=1S/C27H30ClN5O3S/c1-18-21-9-6-16-33(25(21)31-30-24(18)28)27-29-23(26(34)35-4)22(37-27)10-7-17-36-20-13-11-19(12-14-20)8-5-15-32(2)3/h11-14H,6-7,9-10,15-17H2,1-4H3. The predicted octanol–water partition coefficient (Wildman–Crippen LogP) is 4.69. The second kappa shape index (κ2) is 12.4. The Balaban J connectivity index is 1.42. The number of carbonyl (C=O) groups excluding carboxylic acids is 1. The maximum Gasteiger partial charge on any atom is 0.357 e. The van der Waals surface area contributed by atoms with Gasteiger partial charge in [0.1, 0.15) is 5.75 Å². The molecule has 0 bridgehead atoms. The van der Waals surface area contributed by atoms with E-state index in [2.05, 4.69) is 27.0 Å². The lowest BCUT2D eigenvalue weighted by atomic mass is 10.0. The third-order valence-electron chi connectivity index (χ3n) is 5.92. The van der Waals surface area contributed by atoms with E-state index < -0.39 is 5.97 Å². The number of methoxy groups -OCH3 is 1. The third-order valence-corrected chi connectivity index (χ3v) is 7.42. The van der Waals surface area contributed by atoms with E-state index in [1.807, 2.05) is 55.1 Å². The number of fused-ring (bicyclic) bond motifs is 1. The highest BCUT2D eigenvalue weighted by molar-refractivity contribution is 7.16. The molecule has 8 nitrogen and oxygen atoms in total. The van der Waals surface area contributed by atoms with Crippen molar-refractivity contribution in [2.75, 3.05) is 45.8 Å². The maximum atomic E-state index is 12.5. The zero-order chi connectivity index (χ0) is 26.4. The number of carbonyl (C=O) groups is 1. The SMILES string of the molecule is COC(=O)c1nc(N2CCCc3c2nnc(Cl)c3C)sc1CCCOc1ccc(C#CCN(C)C)cc1. The molecule has 4 rings (SSSR count). The van der Waals surface area contributed by atoms with E-state index in [0.717, 1.165) is 65.5 Å². The van der Waals surface area contributed by atoms with E-state index in [0.29, 0.717) is 29.0 Å². The number of esters is 1. The molecule has 2 aromatic heterocycles. The van der Waals surface area contributed by atoms with Crippen molar-refractivity contribution in [1.29, 1.82) is 0 Å². The van der Waals surface area contributed by atoms with Gasteiger partial charge in [-0.1, -0.05) is 23.4 Å². The molecule has 3 heterocycles. The molecule has 0 atom stereocenters. The van der Waals surface area contributed by atoms with E-state index in [-0.39, 0.29) is 0 Å². The zero-order valence-corrected chi connectivity index (χ0v) is 23.1. The maximum absolute atomic E-state index is 12.5. The molecule has 0 saturated heterocycles. The van der Waals surface area contributed by atoms with Gasteiger partial charge in [-0.15, -0.1) is 21.5 Å². The first-order valence-electron chi connectivity index (χ1n) is 12.1. The fourth-order valence-corrected chi connectivity index (χ4v) is 5.25. The Hall–Kier alpha value is -3.19. The molecule has 0 radical (unpaired) electrons. The lowest BCUT2D eigenvalue weighted by Gasteiger charge is -2.28. The third kappa shape index (κ3) is 6.58. The van der Waals surface area contributed by atoms with Gasteiger partial charge in [-0.05, 0) is 76.5 Å². The fourth-order valence-electron chi connectivity index (χ4n) is 3.98. The summed E-state index contributed by atoms with van der Waals surface area (Å²) >= 11 is 7.68. The Morgan fingerprint density at radius 3 is 2.76 bits per heavy atom. The first kappa shape index (κ1) is 26.9. The highest BCUT2D eigenvalue weighted by atomic mass is 35.5. The van der Waals surface area contributed by atoms with Crippen molar-refractivity contribution in [3.63, 3.8) is 0 Å². The van der Waals surface area contributed by atoms with Crippen LogP contribution in [0.2, 0.25) is 5.15 Å². The van der Waals surface area contributed by atoms with Crippen LogP contribution in [0.4, 0.5) is 10.9 Å². The lowest BCUT2D eigenvalue weighted by molar-refractivity contribution is 0.0593. The highest BCUT2D eigenvalue weighted by Crippen LogP contribution is 2.38. The summed E-state index contributed by atoms with van der Waals surface area (Å²) in [5.74, 6) is 7.36. The molecule has 37 heavy (non-hydrogen) atoms. The van der Waals surface area contributed by atoms with Crippen LogP contribution in [0, 0.1) is 18.8 Å². The summed E-state index contributed by atoms with van der Waals surface area (Å²) in [4.78, 5) is 22.0. The van der Waals surface area contributed by atoms with Gasteiger partial charge in [0.2, 0.25) is 0 Å². The van der Waals surface area contributed by atoms with Crippen molar-refractivity contribution in [3.05, 3.63) is 56.7 Å². The number of halogens is 1. The van der Waals surface area contributed by atoms with E-state index in [9.17, 15) is 4.79 Å². The van der Waals surface area contributed by atoms with Crippen LogP contribution in [0.25, 0.3) is 0 Å². The molecule has 0 fully saturated rings. The lowest BCUT2D eigenvalue weighted by Crippen LogP contribution is -2.27. The molecule has 0 N–H and O–H groups in total. The van der Waals surface area contributed by atoms with Crippen LogP contribution in [0.15, 0.2) is 24.3 Å². The smallest absolute Gasteiger partial charge is 0.357 e. The van der Waals surface area contributed by atoms with E-state index in [4.69, 9.17) is 21.1 Å². The number of aryl methyl sites for hydroxylation is 1. The first-order chi connectivity index (χ1) is 17.9. The normalized spacial score (nSPS) is 12.6. The van der Waals surface area contributed by atoms with Crippen LogP contribution < -0.4 is 9.64 Å². The summed E-state index contributed by atoms with van der Waals surface area (Å²) in [5, 5.41) is 9.57. The Bertz CT molecular complexity index is 1310. The molecule has 0 spiro atoms. The molecule has 1 aliphatic heterocycles. The number of hydrogen-bond acceptors (Lipinski definition) is 9. The van der Waals surface area contributed by atoms with Crippen molar-refractivity contribution >= 4 is 39.9 Å². The van der Waals surface area contributed by atoms with Gasteiger partial charge in [-0.25, -0.2) is 9.78 Å². The van der Waals surface area contributed by atoms with Gasteiger partial charge < -0.3 is 14.4 Å². The van der Waals surface area contributed by atoms with E-state index in [1.54, 1.807) is 0 Å². The minimum absolute atomic E-state index is 0.342. The number of ether oxygens (including phenoxy) is 2. The summed E-state index contributed by atoms with van der Waals surface area (Å²) < 4.78 is 10.9. The number of nitrogens with zero attached hydrogens (tertiary/aromatic N) is 5. The van der Waals surface area contributed by atoms with Gasteiger partial charge in [0, 0.05) is 22.5 Å². The summed E-state index contributed by atoms with van der Waals surface area (Å²) in [6.45, 7) is 3.93. The van der Waals surface area contributed by atoms with Gasteiger partial charge in [-0.3, -0.25) is 4.90 Å². The summed E-state index contributed by atoms with van der Waals surface area (Å²) in [7, 11) is 5.35. The van der Waals surface area contributed by atoms with Crippen LogP contribution in [-0.2, 0) is 17.6 Å². The number of rotatable bonds is 8. The topological polar surface area (TPSA) is 80.7 Å². The van der Waals surface area contributed by atoms with Crippen LogP contribution in [0.5, 0.6) is 5.75 Å². The predicted molar refractivity (Wildman–Crippen MR) is 146 cm³/mol. The second-order valence-electron chi connectivity index (χ2n) is 8.95. The molecular formula is C27H30ClN5O3S. The Kier molecular flexibility index (Phi) is 8.98. The van der Waals surface area contributed by atoms with Crippen LogP contribution in [0.3, 0.4) is 0 Å². The molecule has 1 aromatic carbocycles.